The Labute approximate surface area is 635 Å². The Balaban J connectivity index is -0.000000245. The van der Waals surface area contributed by atoms with E-state index >= 15 is 0 Å². The Morgan fingerprint density at radius 2 is 0.814 bits per heavy atom. The molecule has 578 valence electrons. The number of nitrogens with zero attached hydrogens (tertiary/aromatic N) is 2. The van der Waals surface area contributed by atoms with Gasteiger partial charge in [0.1, 0.15) is 16.9 Å². The van der Waals surface area contributed by atoms with E-state index in [1.54, 1.807) is 6.26 Å². The topological polar surface area (TPSA) is 101 Å². The fraction of sp³-hybridized carbons (Fsp3) is 0.543. The van der Waals surface area contributed by atoms with E-state index in [9.17, 15) is 19.2 Å². The van der Waals surface area contributed by atoms with Gasteiger partial charge in [0.15, 0.2) is 0 Å². The molecule has 8 aromatic rings. The van der Waals surface area contributed by atoms with Gasteiger partial charge in [-0.1, -0.05) is 321 Å². The molecule has 2 aliphatic heterocycles. The molecule has 10 heteroatoms. The summed E-state index contributed by atoms with van der Waals surface area (Å²) in [5, 5.41) is 7.35. The summed E-state index contributed by atoms with van der Waals surface area (Å²) in [6.07, 6.45) is 34.2. The standard InChI is InChI=1S/2C9H8O.2C9H8S.C7H14.C7H12.C6H12.C6H10.C5H7NO2.C5H5NO2.10C2H6/c1-7-6-10-9-5-3-2-4-8(7)9;1-7-6-8-4-2-3-5-9(8)10-7;1-7-6-10-9-5-3-2-4-8(7)9;1-7-6-8-4-2-3-5-9(8)10-7;2*1-7-5-3-2-4-6-7;2*1-6-4-2-3-5-6;2*1-6-4(7)2-3-5(6)8;10*1-2/h4*2-6H,1H3;7H,2-6H2,1H3;2-3,7H,4-6H2,1H3;6H,2-5H2,1H3;2-3,6H,4-5H2,1H3;2-3H2,1H3;2-3H,1H3;10*1-2H3. The Bertz CT molecular complexity index is 3000. The van der Waals surface area contributed by atoms with Gasteiger partial charge in [0.05, 0.1) is 6.26 Å². The highest BCUT2D eigenvalue weighted by atomic mass is 32.1. The van der Waals surface area contributed by atoms with E-state index in [-0.39, 0.29) is 23.6 Å². The number of furan rings is 2. The van der Waals surface area contributed by atoms with Crippen LogP contribution in [0.1, 0.15) is 291 Å². The van der Waals surface area contributed by atoms with Crippen LogP contribution < -0.4 is 0 Å². The van der Waals surface area contributed by atoms with Crippen LogP contribution in [0.25, 0.3) is 42.1 Å². The highest BCUT2D eigenvalue weighted by Gasteiger charge is 2.24. The first kappa shape index (κ1) is 106. The molecule has 0 spiro atoms. The summed E-state index contributed by atoms with van der Waals surface area (Å²) < 4.78 is 13.4. The van der Waals surface area contributed by atoms with Gasteiger partial charge in [0.2, 0.25) is 11.8 Å². The van der Waals surface area contributed by atoms with Crippen LogP contribution in [0.3, 0.4) is 0 Å². The zero-order valence-electron chi connectivity index (χ0n) is 70.8. The monoisotopic (exact) mass is 1450 g/mol. The molecule has 6 heterocycles. The van der Waals surface area contributed by atoms with Gasteiger partial charge in [-0.2, -0.15) is 0 Å². The molecule has 0 N–H and O–H groups in total. The van der Waals surface area contributed by atoms with Crippen molar-refractivity contribution in [2.45, 2.75) is 297 Å². The summed E-state index contributed by atoms with van der Waals surface area (Å²) in [7, 11) is 2.96. The number of para-hydroxylation sites is 2. The summed E-state index contributed by atoms with van der Waals surface area (Å²) in [6, 6.07) is 37.3. The van der Waals surface area contributed by atoms with Crippen molar-refractivity contribution in [3.05, 3.63) is 179 Å². The second-order valence-electron chi connectivity index (χ2n) is 22.6. The quantitative estimate of drug-likeness (QED) is 0.111. The summed E-state index contributed by atoms with van der Waals surface area (Å²) in [6.45, 7) is 57.6. The third-order valence-electron chi connectivity index (χ3n) is 15.1. The Kier molecular flexibility index (Phi) is 77.3. The van der Waals surface area contributed by atoms with Gasteiger partial charge < -0.3 is 8.83 Å². The maximum absolute atomic E-state index is 10.5. The van der Waals surface area contributed by atoms with Crippen molar-refractivity contribution in [1.82, 2.24) is 9.80 Å². The van der Waals surface area contributed by atoms with Crippen LogP contribution in [0.15, 0.2) is 166 Å². The maximum atomic E-state index is 10.5. The molecular formula is C92H152N2O6S2. The van der Waals surface area contributed by atoms with E-state index in [1.165, 1.54) is 168 Å². The number of rotatable bonds is 0. The van der Waals surface area contributed by atoms with Gasteiger partial charge in [-0.05, 0) is 147 Å². The van der Waals surface area contributed by atoms with Crippen LogP contribution >= 0.6 is 22.7 Å². The predicted molar refractivity (Wildman–Crippen MR) is 462 cm³/mol. The molecule has 1 unspecified atom stereocenters. The van der Waals surface area contributed by atoms with Crippen LogP contribution in [-0.4, -0.2) is 47.5 Å². The molecule has 3 fully saturated rings. The number of fused-ring (bicyclic) bond motifs is 4. The molecule has 2 saturated carbocycles. The van der Waals surface area contributed by atoms with Gasteiger partial charge in [-0.25, -0.2) is 0 Å². The number of hydrogen-bond donors (Lipinski definition) is 0. The number of imide groups is 2. The van der Waals surface area contributed by atoms with E-state index in [4.69, 9.17) is 8.83 Å². The van der Waals surface area contributed by atoms with Gasteiger partial charge >= 0.3 is 0 Å². The molecule has 8 nitrogen and oxygen atoms in total. The largest absolute Gasteiger partial charge is 0.464 e. The third kappa shape index (κ3) is 49.1. The van der Waals surface area contributed by atoms with Crippen molar-refractivity contribution >= 4 is 88.4 Å². The minimum Gasteiger partial charge on any atom is -0.464 e. The number of amides is 4. The number of benzene rings is 4. The van der Waals surface area contributed by atoms with Gasteiger partial charge in [-0.3, -0.25) is 29.0 Å². The summed E-state index contributed by atoms with van der Waals surface area (Å²) in [4.78, 5) is 45.4. The lowest BCUT2D eigenvalue weighted by molar-refractivity contribution is -0.137. The molecule has 4 aromatic heterocycles. The molecule has 0 bridgehead atoms. The van der Waals surface area contributed by atoms with Crippen molar-refractivity contribution in [2.24, 2.45) is 23.7 Å². The number of carbonyl (C=O) groups excluding carboxylic acids is 4. The highest BCUT2D eigenvalue weighted by Crippen LogP contribution is 2.27. The molecule has 1 atom stereocenters. The number of likely N-dealkylation sites (tertiary alicyclic amines) is 1. The zero-order chi connectivity index (χ0) is 79.2. The first-order valence-corrected chi connectivity index (χ1v) is 41.5. The molecule has 4 aromatic carbocycles. The van der Waals surface area contributed by atoms with Crippen LogP contribution in [0.5, 0.6) is 0 Å². The van der Waals surface area contributed by atoms with Crippen molar-refractivity contribution in [2.75, 3.05) is 14.1 Å². The van der Waals surface area contributed by atoms with E-state index in [2.05, 4.69) is 132 Å². The van der Waals surface area contributed by atoms with Crippen LogP contribution in [-0.2, 0) is 19.2 Å². The molecule has 4 amide bonds. The number of thiophene rings is 2. The lowest BCUT2D eigenvalue weighted by atomic mass is 9.91. The van der Waals surface area contributed by atoms with Gasteiger partial charge in [-0.15, -0.1) is 22.7 Å². The normalized spacial score (nSPS) is 14.4. The van der Waals surface area contributed by atoms with E-state index < -0.39 is 0 Å². The molecule has 0 radical (unpaired) electrons. The van der Waals surface area contributed by atoms with Gasteiger partial charge in [0, 0.05) is 64.1 Å². The second-order valence-corrected chi connectivity index (χ2v) is 24.8. The maximum Gasteiger partial charge on any atom is 0.253 e. The zero-order valence-corrected chi connectivity index (χ0v) is 72.4. The highest BCUT2D eigenvalue weighted by molar-refractivity contribution is 7.19. The number of allylic oxidation sites excluding steroid dienone is 4. The van der Waals surface area contributed by atoms with Gasteiger partial charge in [0.25, 0.3) is 11.8 Å². The SMILES string of the molecule is CC.CC.CC.CC.CC.CC.CC.CC.CC.CC.CC1CC=CC1.CC1CC=CCC1.CC1CCCC1.CC1CCCCC1.CN1C(=O)C=CC1=O.CN1C(=O)CCC1=O.Cc1cc2ccccc2o1.Cc1cc2ccccc2s1.Cc1coc2ccccc12.Cc1csc2ccccc12. The second kappa shape index (κ2) is 74.1. The van der Waals surface area contributed by atoms with E-state index in [0.717, 1.165) is 45.5 Å². The Hall–Kier alpha value is -6.62. The van der Waals surface area contributed by atoms with Crippen molar-refractivity contribution < 1.29 is 28.0 Å². The molecular weight excluding hydrogens is 1290 g/mol. The van der Waals surface area contributed by atoms with E-state index in [1.807, 2.05) is 224 Å². The number of likely N-dealkylation sites (N-methyl/N-ethyl adjacent to an activating group) is 1. The Morgan fingerprint density at radius 3 is 1.16 bits per heavy atom. The van der Waals surface area contributed by atoms with E-state index in [0.29, 0.717) is 12.8 Å². The number of hydrogen-bond acceptors (Lipinski definition) is 8. The van der Waals surface area contributed by atoms with Crippen LogP contribution in [0.2, 0.25) is 0 Å². The van der Waals surface area contributed by atoms with Crippen molar-refractivity contribution in [1.29, 1.82) is 0 Å². The van der Waals surface area contributed by atoms with Crippen molar-refractivity contribution in [3.63, 3.8) is 0 Å². The average Bonchev–Trinajstić information content (AvgIpc) is 1.74. The molecule has 4 aliphatic carbocycles. The fourth-order valence-corrected chi connectivity index (χ4v) is 11.6. The smallest absolute Gasteiger partial charge is 0.253 e. The first-order chi connectivity index (χ1) is 49.5. The first-order valence-electron chi connectivity index (χ1n) is 39.8. The Morgan fingerprint density at radius 1 is 0.402 bits per heavy atom. The minimum atomic E-state index is -0.241. The minimum absolute atomic E-state index is 0.0602. The summed E-state index contributed by atoms with van der Waals surface area (Å²) in [5.74, 6) is 4.34. The molecule has 6 aliphatic rings. The summed E-state index contributed by atoms with van der Waals surface area (Å²) in [5.41, 5.74) is 4.54. The molecule has 102 heavy (non-hydrogen) atoms. The fourth-order valence-electron chi connectivity index (χ4n) is 9.75. The van der Waals surface area contributed by atoms with Crippen LogP contribution in [0.4, 0.5) is 0 Å². The van der Waals surface area contributed by atoms with Crippen LogP contribution in [0, 0.1) is 51.4 Å². The average molecular weight is 1450 g/mol. The lowest BCUT2D eigenvalue weighted by Gasteiger charge is -2.15. The third-order valence-corrected chi connectivity index (χ3v) is 17.2. The van der Waals surface area contributed by atoms with Crippen molar-refractivity contribution in [3.8, 4) is 0 Å². The number of aryl methyl sites for hydroxylation is 4. The predicted octanol–water partition coefficient (Wildman–Crippen LogP) is 30.6. The number of carbonyl (C=O) groups is 4. The summed E-state index contributed by atoms with van der Waals surface area (Å²) >= 11 is 3.67. The lowest BCUT2D eigenvalue weighted by Crippen LogP contribution is -2.24. The molecule has 14 rings (SSSR count). The molecule has 1 saturated heterocycles.